The number of likely N-dealkylation sites (tertiary alicyclic amines) is 1. The summed E-state index contributed by atoms with van der Waals surface area (Å²) in [5, 5.41) is 5.21. The number of amides is 3. The molecule has 1 N–H and O–H groups in total. The first-order valence-electron chi connectivity index (χ1n) is 11.2. The molecule has 3 heterocycles. The van der Waals surface area contributed by atoms with Gasteiger partial charge in [-0.2, -0.15) is 0 Å². The van der Waals surface area contributed by atoms with E-state index < -0.39 is 6.04 Å². The van der Waals surface area contributed by atoms with Crippen LogP contribution >= 0.6 is 11.3 Å². The van der Waals surface area contributed by atoms with Crippen LogP contribution in [0.15, 0.2) is 17.5 Å². The first kappa shape index (κ1) is 22.2. The van der Waals surface area contributed by atoms with Gasteiger partial charge in [0.25, 0.3) is 5.91 Å². The lowest BCUT2D eigenvalue weighted by Gasteiger charge is -2.29. The second-order valence-corrected chi connectivity index (χ2v) is 9.52. The molecule has 1 saturated carbocycles. The zero-order chi connectivity index (χ0) is 21.8. The summed E-state index contributed by atoms with van der Waals surface area (Å²) in [5.74, 6) is 0.0859. The number of hydrogen-bond donors (Lipinski definition) is 1. The van der Waals surface area contributed by atoms with Crippen molar-refractivity contribution in [2.75, 3.05) is 53.0 Å². The topological polar surface area (TPSA) is 82.2 Å². The number of ether oxygens (including phenoxy) is 1. The number of methoxy groups -OCH3 is 1. The molecule has 1 aromatic heterocycles. The molecular weight excluding hydrogens is 416 g/mol. The lowest BCUT2D eigenvalue weighted by atomic mass is 10.1. The predicted molar refractivity (Wildman–Crippen MR) is 118 cm³/mol. The van der Waals surface area contributed by atoms with Gasteiger partial charge in [0.05, 0.1) is 17.5 Å². The third kappa shape index (κ3) is 5.10. The van der Waals surface area contributed by atoms with Gasteiger partial charge in [-0.05, 0) is 43.7 Å². The first-order chi connectivity index (χ1) is 15.1. The highest BCUT2D eigenvalue weighted by Crippen LogP contribution is 2.35. The van der Waals surface area contributed by atoms with E-state index in [0.717, 1.165) is 32.4 Å². The van der Waals surface area contributed by atoms with Crippen LogP contribution in [-0.4, -0.2) is 97.5 Å². The van der Waals surface area contributed by atoms with Crippen LogP contribution < -0.4 is 5.32 Å². The van der Waals surface area contributed by atoms with Crippen LogP contribution in [0.5, 0.6) is 0 Å². The van der Waals surface area contributed by atoms with Gasteiger partial charge in [-0.15, -0.1) is 11.3 Å². The van der Waals surface area contributed by atoms with Crippen molar-refractivity contribution in [3.05, 3.63) is 22.4 Å². The molecule has 0 spiro atoms. The fourth-order valence-corrected chi connectivity index (χ4v) is 5.22. The molecule has 1 aromatic rings. The summed E-state index contributed by atoms with van der Waals surface area (Å²) in [4.78, 5) is 45.9. The van der Waals surface area contributed by atoms with Crippen LogP contribution in [0, 0.1) is 5.92 Å². The van der Waals surface area contributed by atoms with Gasteiger partial charge in [-0.25, -0.2) is 0 Å². The Kier molecular flexibility index (Phi) is 7.24. The van der Waals surface area contributed by atoms with Crippen molar-refractivity contribution < 1.29 is 19.1 Å². The smallest absolute Gasteiger partial charge is 0.264 e. The van der Waals surface area contributed by atoms with Crippen LogP contribution in [0.1, 0.15) is 35.4 Å². The van der Waals surface area contributed by atoms with E-state index in [-0.39, 0.29) is 29.7 Å². The molecule has 4 rings (SSSR count). The van der Waals surface area contributed by atoms with Crippen molar-refractivity contribution in [2.24, 2.45) is 5.92 Å². The molecule has 2 aliphatic heterocycles. The number of nitrogens with zero attached hydrogens (tertiary/aromatic N) is 3. The van der Waals surface area contributed by atoms with E-state index in [2.05, 4.69) is 5.32 Å². The molecule has 2 atom stereocenters. The van der Waals surface area contributed by atoms with Crippen LogP contribution in [0.25, 0.3) is 0 Å². The maximum atomic E-state index is 13.5. The van der Waals surface area contributed by atoms with E-state index in [1.165, 1.54) is 11.3 Å². The average Bonchev–Trinajstić information content (AvgIpc) is 3.41. The van der Waals surface area contributed by atoms with Gasteiger partial charge in [-0.3, -0.25) is 14.4 Å². The predicted octanol–water partition coefficient (Wildman–Crippen LogP) is 1.04. The average molecular weight is 449 g/mol. The number of thiophene rings is 1. The molecule has 2 saturated heterocycles. The van der Waals surface area contributed by atoms with Gasteiger partial charge in [0.15, 0.2) is 0 Å². The molecule has 0 aromatic carbocycles. The van der Waals surface area contributed by atoms with Gasteiger partial charge in [-0.1, -0.05) is 6.07 Å². The van der Waals surface area contributed by atoms with Crippen molar-refractivity contribution in [1.29, 1.82) is 0 Å². The highest BCUT2D eigenvalue weighted by molar-refractivity contribution is 7.12. The van der Waals surface area contributed by atoms with Crippen molar-refractivity contribution >= 4 is 29.1 Å². The van der Waals surface area contributed by atoms with Crippen molar-refractivity contribution in [3.8, 4) is 0 Å². The standard InChI is InChI=1S/C22H32N4O4S/c1-30-12-11-25(22(29)19-4-2-13-31-19)17-14-18(26(15-17)20(27)16-5-6-16)21(28)24-9-3-7-23-8-10-24/h2,4,13,16-18,23H,3,5-12,14-15H2,1H3. The number of carbonyl (C=O) groups is 3. The molecule has 8 nitrogen and oxygen atoms in total. The first-order valence-corrected chi connectivity index (χ1v) is 12.1. The quantitative estimate of drug-likeness (QED) is 0.674. The zero-order valence-electron chi connectivity index (χ0n) is 18.1. The van der Waals surface area contributed by atoms with Crippen LogP contribution in [-0.2, 0) is 14.3 Å². The minimum Gasteiger partial charge on any atom is -0.383 e. The second kappa shape index (κ2) is 10.1. The van der Waals surface area contributed by atoms with Crippen molar-refractivity contribution in [1.82, 2.24) is 20.0 Å². The Morgan fingerprint density at radius 1 is 1.23 bits per heavy atom. The summed E-state index contributed by atoms with van der Waals surface area (Å²) < 4.78 is 5.25. The highest BCUT2D eigenvalue weighted by atomic mass is 32.1. The number of hydrogen-bond acceptors (Lipinski definition) is 6. The fourth-order valence-electron chi connectivity index (χ4n) is 4.54. The third-order valence-electron chi connectivity index (χ3n) is 6.40. The molecule has 31 heavy (non-hydrogen) atoms. The largest absolute Gasteiger partial charge is 0.383 e. The van der Waals surface area contributed by atoms with E-state index in [4.69, 9.17) is 4.74 Å². The summed E-state index contributed by atoms with van der Waals surface area (Å²) in [6.07, 6.45) is 3.20. The Labute approximate surface area is 187 Å². The van der Waals surface area contributed by atoms with Gasteiger partial charge < -0.3 is 24.8 Å². The summed E-state index contributed by atoms with van der Waals surface area (Å²) in [6, 6.07) is 3.01. The van der Waals surface area contributed by atoms with Gasteiger partial charge in [0, 0.05) is 45.8 Å². The van der Waals surface area contributed by atoms with Gasteiger partial charge in [0.2, 0.25) is 11.8 Å². The highest BCUT2D eigenvalue weighted by Gasteiger charge is 2.47. The second-order valence-electron chi connectivity index (χ2n) is 8.57. The maximum Gasteiger partial charge on any atom is 0.264 e. The zero-order valence-corrected chi connectivity index (χ0v) is 18.9. The van der Waals surface area contributed by atoms with Gasteiger partial charge >= 0.3 is 0 Å². The molecule has 0 bridgehead atoms. The van der Waals surface area contributed by atoms with E-state index in [0.29, 0.717) is 44.1 Å². The van der Waals surface area contributed by atoms with Crippen LogP contribution in [0.4, 0.5) is 0 Å². The van der Waals surface area contributed by atoms with Gasteiger partial charge in [0.1, 0.15) is 6.04 Å². The van der Waals surface area contributed by atoms with Crippen molar-refractivity contribution in [3.63, 3.8) is 0 Å². The monoisotopic (exact) mass is 448 g/mol. The molecule has 0 radical (unpaired) electrons. The Morgan fingerprint density at radius 3 is 2.77 bits per heavy atom. The Morgan fingerprint density at radius 2 is 2.06 bits per heavy atom. The third-order valence-corrected chi connectivity index (χ3v) is 7.25. The lowest BCUT2D eigenvalue weighted by Crippen LogP contribution is -2.49. The molecule has 170 valence electrons. The fraction of sp³-hybridized carbons (Fsp3) is 0.682. The Hall–Kier alpha value is -1.97. The summed E-state index contributed by atoms with van der Waals surface area (Å²) in [7, 11) is 1.62. The molecule has 2 unspecified atom stereocenters. The summed E-state index contributed by atoms with van der Waals surface area (Å²) in [6.45, 7) is 4.32. The van der Waals surface area contributed by atoms with E-state index in [1.54, 1.807) is 16.9 Å². The van der Waals surface area contributed by atoms with Crippen LogP contribution in [0.3, 0.4) is 0 Å². The van der Waals surface area contributed by atoms with Crippen molar-refractivity contribution in [2.45, 2.75) is 37.8 Å². The molecule has 3 aliphatic rings. The van der Waals surface area contributed by atoms with E-state index >= 15 is 0 Å². The number of carbonyl (C=O) groups excluding carboxylic acids is 3. The summed E-state index contributed by atoms with van der Waals surface area (Å²) >= 11 is 1.41. The lowest BCUT2D eigenvalue weighted by molar-refractivity contribution is -0.144. The van der Waals surface area contributed by atoms with E-state index in [9.17, 15) is 14.4 Å². The minimum absolute atomic E-state index is 0.0236. The number of rotatable bonds is 7. The maximum absolute atomic E-state index is 13.5. The van der Waals surface area contributed by atoms with E-state index in [1.807, 2.05) is 22.4 Å². The minimum atomic E-state index is -0.489. The Bertz CT molecular complexity index is 774. The molecular formula is C22H32N4O4S. The molecule has 3 fully saturated rings. The van der Waals surface area contributed by atoms with Crippen LogP contribution in [0.2, 0.25) is 0 Å². The number of nitrogens with one attached hydrogen (secondary N) is 1. The molecule has 9 heteroatoms. The SMILES string of the molecule is COCCN(C(=O)c1cccs1)C1CC(C(=O)N2CCCNCC2)N(C(=O)C2CC2)C1. The molecule has 1 aliphatic carbocycles. The Balaban J connectivity index is 1.55. The summed E-state index contributed by atoms with van der Waals surface area (Å²) in [5.41, 5.74) is 0. The molecule has 3 amide bonds. The normalized spacial score (nSPS) is 24.2.